The number of fused-ring (bicyclic) bond motifs is 13. The molecule has 2 amide bonds. The largest absolute Gasteiger partial charge is 0.505 e. The number of hydrogen-bond donors (Lipinski definition) is 6. The fourth-order valence-corrected chi connectivity index (χ4v) is 10.4. The van der Waals surface area contributed by atoms with Crippen molar-refractivity contribution in [2.75, 3.05) is 10.6 Å². The van der Waals surface area contributed by atoms with Crippen LogP contribution in [-0.2, 0) is 12.4 Å². The zero-order valence-corrected chi connectivity index (χ0v) is 40.8. The van der Waals surface area contributed by atoms with Gasteiger partial charge in [-0.1, -0.05) is 84.9 Å². The first-order valence-electron chi connectivity index (χ1n) is 24.5. The number of phenols is 2. The number of halogens is 6. The van der Waals surface area contributed by atoms with Crippen LogP contribution in [0.5, 0.6) is 11.5 Å². The first-order valence-corrected chi connectivity index (χ1v) is 24.5. The predicted molar refractivity (Wildman–Crippen MR) is 292 cm³/mol. The van der Waals surface area contributed by atoms with Gasteiger partial charge < -0.3 is 30.8 Å². The molecule has 390 valence electrons. The molecule has 1 aliphatic carbocycles. The Morgan fingerprint density at radius 1 is 0.438 bits per heavy atom. The standard InChI is InChI=1S/C61H34F6N8O5/c62-60(63,64)31-7-5-9-33(25-31)68-58(79)45-23-29-15-19-41-39-11-1-3-13-47(39)70-51(41)49(29)53(56(45)77)74-72-35-17-21-37-38-22-18-36(28-44(38)55(76)43(37)27-35)73-75-54-50-30(16-20-42-40-12-2-4-14-48(40)71-52(42)50)24-46(57(54)78)59(80)69-34-10-6-8-32(26-34)61(65,66)67/h1-28,70-71,77-78H,(H,68,79)(H,69,80). The first kappa shape index (κ1) is 48.9. The van der Waals surface area contributed by atoms with Gasteiger partial charge in [0, 0.05) is 65.9 Å². The Kier molecular flexibility index (Phi) is 11.1. The van der Waals surface area contributed by atoms with E-state index in [-0.39, 0.29) is 56.4 Å². The van der Waals surface area contributed by atoms with Gasteiger partial charge in [0.05, 0.1) is 44.7 Å². The van der Waals surface area contributed by atoms with Gasteiger partial charge in [-0.2, -0.15) is 36.6 Å². The van der Waals surface area contributed by atoms with Crippen molar-refractivity contribution in [1.29, 1.82) is 0 Å². The summed E-state index contributed by atoms with van der Waals surface area (Å²) in [6.45, 7) is 0. The molecule has 0 saturated carbocycles. The van der Waals surface area contributed by atoms with E-state index in [1.807, 2.05) is 60.7 Å². The molecular weight excluding hydrogens is 1040 g/mol. The first-order chi connectivity index (χ1) is 38.5. The summed E-state index contributed by atoms with van der Waals surface area (Å²) >= 11 is 0. The fraction of sp³-hybridized carbons (Fsp3) is 0.0328. The van der Waals surface area contributed by atoms with E-state index in [9.17, 15) is 50.9 Å². The minimum absolute atomic E-state index is 0.134. The fourth-order valence-electron chi connectivity index (χ4n) is 10.4. The van der Waals surface area contributed by atoms with Crippen LogP contribution in [0.25, 0.3) is 76.3 Å². The second kappa shape index (κ2) is 18.2. The molecule has 13 rings (SSSR count). The molecule has 19 heteroatoms. The van der Waals surface area contributed by atoms with Gasteiger partial charge >= 0.3 is 12.4 Å². The second-order valence-corrected chi connectivity index (χ2v) is 19.0. The molecule has 0 saturated heterocycles. The van der Waals surface area contributed by atoms with E-state index >= 15 is 0 Å². The minimum atomic E-state index is -4.68. The van der Waals surface area contributed by atoms with E-state index in [0.717, 1.165) is 69.0 Å². The zero-order valence-electron chi connectivity index (χ0n) is 40.8. The number of benzene rings is 10. The van der Waals surface area contributed by atoms with Gasteiger partial charge in [0.1, 0.15) is 11.4 Å². The second-order valence-electron chi connectivity index (χ2n) is 19.0. The van der Waals surface area contributed by atoms with Crippen molar-refractivity contribution >= 4 is 117 Å². The summed E-state index contributed by atoms with van der Waals surface area (Å²) in [6.07, 6.45) is -9.35. The van der Waals surface area contributed by atoms with Crippen LogP contribution in [0, 0.1) is 0 Å². The summed E-state index contributed by atoms with van der Waals surface area (Å²) in [5.74, 6) is -3.46. The molecule has 0 fully saturated rings. The third-order valence-corrected chi connectivity index (χ3v) is 14.2. The lowest BCUT2D eigenvalue weighted by Gasteiger charge is -2.13. The highest BCUT2D eigenvalue weighted by atomic mass is 19.4. The minimum Gasteiger partial charge on any atom is -0.505 e. The molecular formula is C61H34F6N8O5. The zero-order chi connectivity index (χ0) is 55.4. The van der Waals surface area contributed by atoms with Crippen molar-refractivity contribution < 1.29 is 50.9 Å². The number of rotatable bonds is 8. The molecule has 0 unspecified atom stereocenters. The number of amides is 2. The molecule has 10 aromatic carbocycles. The van der Waals surface area contributed by atoms with Crippen LogP contribution >= 0.6 is 0 Å². The molecule has 2 aromatic heterocycles. The van der Waals surface area contributed by atoms with Crippen molar-refractivity contribution in [1.82, 2.24) is 9.97 Å². The number of aromatic amines is 2. The monoisotopic (exact) mass is 1070 g/mol. The smallest absolute Gasteiger partial charge is 0.416 e. The van der Waals surface area contributed by atoms with Gasteiger partial charge in [0.25, 0.3) is 11.8 Å². The number of carbonyl (C=O) groups is 3. The maximum atomic E-state index is 14.3. The van der Waals surface area contributed by atoms with E-state index < -0.39 is 52.6 Å². The van der Waals surface area contributed by atoms with E-state index in [2.05, 4.69) is 41.1 Å². The van der Waals surface area contributed by atoms with E-state index in [4.69, 9.17) is 0 Å². The molecule has 0 aliphatic heterocycles. The molecule has 13 nitrogen and oxygen atoms in total. The van der Waals surface area contributed by atoms with E-state index in [1.54, 1.807) is 36.4 Å². The summed E-state index contributed by atoms with van der Waals surface area (Å²) in [6, 6.07) is 42.7. The van der Waals surface area contributed by atoms with Gasteiger partial charge in [-0.15, -0.1) is 10.2 Å². The molecule has 6 N–H and O–H groups in total. The maximum absolute atomic E-state index is 14.3. The number of hydrogen-bond acceptors (Lipinski definition) is 9. The summed E-state index contributed by atoms with van der Waals surface area (Å²) in [7, 11) is 0. The number of H-pyrrole nitrogens is 2. The quantitative estimate of drug-likeness (QED) is 0.0649. The summed E-state index contributed by atoms with van der Waals surface area (Å²) < 4.78 is 81.5. The van der Waals surface area contributed by atoms with Crippen LogP contribution in [0.1, 0.15) is 47.8 Å². The number of anilines is 2. The number of carbonyl (C=O) groups excluding carboxylic acids is 3. The molecule has 80 heavy (non-hydrogen) atoms. The summed E-state index contributed by atoms with van der Waals surface area (Å²) in [4.78, 5) is 48.7. The van der Waals surface area contributed by atoms with Crippen LogP contribution in [0.2, 0.25) is 0 Å². The SMILES string of the molecule is O=C1c2cc(N=Nc3c(O)c(C(=O)Nc4cccc(C(F)(F)F)c4)cc4ccc5c6ccccc6[nH]c5c34)ccc2-c2ccc(N=Nc3c(O)c(C(=O)Nc4cccc(C(F)(F)F)c4)cc4ccc5c6ccccc6[nH]c5c34)cc21. The van der Waals surface area contributed by atoms with Crippen molar-refractivity contribution in [3.63, 3.8) is 0 Å². The summed E-state index contributed by atoms with van der Waals surface area (Å²) in [5, 5.41) is 51.6. The Bertz CT molecular complexity index is 4460. The number of nitrogens with one attached hydrogen (secondary N) is 4. The molecule has 0 atom stereocenters. The molecule has 1 aliphatic rings. The number of aromatic hydroxyl groups is 2. The Morgan fingerprint density at radius 2 is 0.863 bits per heavy atom. The average molecular weight is 1070 g/mol. The number of alkyl halides is 6. The number of phenolic OH excluding ortho intramolecular Hbond substituents is 2. The maximum Gasteiger partial charge on any atom is 0.416 e. The van der Waals surface area contributed by atoms with Gasteiger partial charge in [-0.05, 0) is 107 Å². The van der Waals surface area contributed by atoms with E-state index in [1.165, 1.54) is 36.4 Å². The molecule has 0 spiro atoms. The van der Waals surface area contributed by atoms with Crippen LogP contribution in [0.3, 0.4) is 0 Å². The van der Waals surface area contributed by atoms with Crippen molar-refractivity contribution in [3.05, 3.63) is 203 Å². The topological polar surface area (TPSA) is 197 Å². The predicted octanol–water partition coefficient (Wildman–Crippen LogP) is 17.3. The van der Waals surface area contributed by atoms with E-state index in [0.29, 0.717) is 43.7 Å². The number of para-hydroxylation sites is 2. The van der Waals surface area contributed by atoms with Gasteiger partial charge in [0.2, 0.25) is 0 Å². The normalized spacial score (nSPS) is 12.8. The highest BCUT2D eigenvalue weighted by Crippen LogP contribution is 2.48. The van der Waals surface area contributed by atoms with Crippen molar-refractivity contribution in [2.24, 2.45) is 20.5 Å². The lowest BCUT2D eigenvalue weighted by atomic mass is 10.00. The molecule has 0 radical (unpaired) electrons. The lowest BCUT2D eigenvalue weighted by molar-refractivity contribution is -0.138. The Morgan fingerprint density at radius 3 is 1.29 bits per heavy atom. The van der Waals surface area contributed by atoms with Crippen LogP contribution in [-0.4, -0.2) is 37.8 Å². The molecule has 2 heterocycles. The Hall–Kier alpha value is -10.7. The van der Waals surface area contributed by atoms with Gasteiger partial charge in [0.15, 0.2) is 17.3 Å². The molecule has 12 aromatic rings. The average Bonchev–Trinajstić information content (AvgIpc) is 4.12. The Labute approximate surface area is 445 Å². The highest BCUT2D eigenvalue weighted by molar-refractivity contribution is 6.25. The third-order valence-electron chi connectivity index (χ3n) is 14.2. The third kappa shape index (κ3) is 8.26. The van der Waals surface area contributed by atoms with Crippen LogP contribution in [0.15, 0.2) is 190 Å². The van der Waals surface area contributed by atoms with Gasteiger partial charge in [-0.25, -0.2) is 0 Å². The highest BCUT2D eigenvalue weighted by Gasteiger charge is 2.33. The van der Waals surface area contributed by atoms with Crippen molar-refractivity contribution in [2.45, 2.75) is 12.4 Å². The number of ketones is 1. The number of nitrogens with zero attached hydrogens (tertiary/aromatic N) is 4. The summed E-state index contributed by atoms with van der Waals surface area (Å²) in [5.41, 5.74) is 1.49. The van der Waals surface area contributed by atoms with Crippen molar-refractivity contribution in [3.8, 4) is 22.6 Å². The number of azo groups is 2. The van der Waals surface area contributed by atoms with Crippen LogP contribution < -0.4 is 10.6 Å². The van der Waals surface area contributed by atoms with Crippen LogP contribution in [0.4, 0.5) is 60.5 Å². The number of aromatic nitrogens is 2. The Balaban J connectivity index is 0.850. The van der Waals surface area contributed by atoms with Gasteiger partial charge in [-0.3, -0.25) is 14.4 Å². The lowest BCUT2D eigenvalue weighted by Crippen LogP contribution is -2.13. The molecule has 0 bridgehead atoms.